The Hall–Kier alpha value is -1.65. The molecule has 104 valence electrons. The second-order valence-electron chi connectivity index (χ2n) is 4.27. The lowest BCUT2D eigenvalue weighted by Crippen LogP contribution is -2.30. The average molecular weight is 309 g/mol. The lowest BCUT2D eigenvalue weighted by Gasteiger charge is -2.10. The molecule has 2 aromatic carbocycles. The van der Waals surface area contributed by atoms with Gasteiger partial charge in [-0.3, -0.25) is 0 Å². The van der Waals surface area contributed by atoms with Crippen molar-refractivity contribution < 1.29 is 4.39 Å². The number of thiocarbonyl (C=S) groups is 1. The van der Waals surface area contributed by atoms with Crippen molar-refractivity contribution in [1.29, 1.82) is 0 Å². The zero-order valence-electron chi connectivity index (χ0n) is 10.7. The highest BCUT2D eigenvalue weighted by Crippen LogP contribution is 2.11. The van der Waals surface area contributed by atoms with Crippen molar-refractivity contribution in [2.45, 2.75) is 6.42 Å². The van der Waals surface area contributed by atoms with Gasteiger partial charge < -0.3 is 10.6 Å². The Morgan fingerprint density at radius 1 is 1.15 bits per heavy atom. The lowest BCUT2D eigenvalue weighted by atomic mass is 10.1. The standard InChI is InChI=1S/C15H14ClFN2S/c16-12-3-1-2-11(10-12)8-9-18-15(20)19-14-6-4-13(17)5-7-14/h1-7,10H,8-9H2,(H2,18,19,20). The van der Waals surface area contributed by atoms with E-state index in [0.717, 1.165) is 22.7 Å². The van der Waals surface area contributed by atoms with Crippen LogP contribution in [0.1, 0.15) is 5.56 Å². The van der Waals surface area contributed by atoms with Crippen molar-refractivity contribution in [3.05, 3.63) is 64.9 Å². The van der Waals surface area contributed by atoms with E-state index in [1.54, 1.807) is 12.1 Å². The maximum atomic E-state index is 12.8. The van der Waals surface area contributed by atoms with Gasteiger partial charge in [0.15, 0.2) is 5.11 Å². The first-order valence-electron chi connectivity index (χ1n) is 6.18. The molecule has 2 rings (SSSR count). The van der Waals surface area contributed by atoms with Gasteiger partial charge in [-0.15, -0.1) is 0 Å². The molecule has 0 saturated carbocycles. The molecule has 2 aromatic rings. The van der Waals surface area contributed by atoms with E-state index < -0.39 is 0 Å². The van der Waals surface area contributed by atoms with Gasteiger partial charge in [-0.1, -0.05) is 23.7 Å². The number of halogens is 2. The summed E-state index contributed by atoms with van der Waals surface area (Å²) in [6.07, 6.45) is 0.825. The first-order valence-corrected chi connectivity index (χ1v) is 6.97. The minimum Gasteiger partial charge on any atom is -0.362 e. The maximum absolute atomic E-state index is 12.8. The summed E-state index contributed by atoms with van der Waals surface area (Å²) < 4.78 is 12.8. The van der Waals surface area contributed by atoms with E-state index in [1.165, 1.54) is 12.1 Å². The molecule has 0 saturated heterocycles. The molecular formula is C15H14ClFN2S. The van der Waals surface area contributed by atoms with Gasteiger partial charge in [-0.25, -0.2) is 4.39 Å². The molecule has 0 aliphatic heterocycles. The molecule has 0 spiro atoms. The van der Waals surface area contributed by atoms with Gasteiger partial charge in [0, 0.05) is 17.3 Å². The zero-order valence-corrected chi connectivity index (χ0v) is 12.3. The van der Waals surface area contributed by atoms with E-state index in [1.807, 2.05) is 24.3 Å². The van der Waals surface area contributed by atoms with Crippen LogP contribution in [0.4, 0.5) is 10.1 Å². The third kappa shape index (κ3) is 4.79. The summed E-state index contributed by atoms with van der Waals surface area (Å²) in [6.45, 7) is 0.702. The van der Waals surface area contributed by atoms with Crippen LogP contribution in [0.25, 0.3) is 0 Å². The van der Waals surface area contributed by atoms with Crippen LogP contribution in [-0.4, -0.2) is 11.7 Å². The van der Waals surface area contributed by atoms with Gasteiger partial charge in [0.2, 0.25) is 0 Å². The summed E-state index contributed by atoms with van der Waals surface area (Å²) in [5, 5.41) is 7.34. The molecule has 0 aliphatic carbocycles. The molecule has 0 aromatic heterocycles. The van der Waals surface area contributed by atoms with Crippen LogP contribution in [-0.2, 0) is 6.42 Å². The van der Waals surface area contributed by atoms with Gasteiger partial charge in [0.1, 0.15) is 5.82 Å². The Morgan fingerprint density at radius 2 is 1.90 bits per heavy atom. The molecule has 0 heterocycles. The third-order valence-corrected chi connectivity index (χ3v) is 3.17. The van der Waals surface area contributed by atoms with Crippen molar-refractivity contribution in [2.24, 2.45) is 0 Å². The summed E-state index contributed by atoms with van der Waals surface area (Å²) in [5.74, 6) is -0.268. The van der Waals surface area contributed by atoms with Crippen molar-refractivity contribution in [3.8, 4) is 0 Å². The van der Waals surface area contributed by atoms with Crippen LogP contribution in [0.2, 0.25) is 5.02 Å². The minimum absolute atomic E-state index is 0.268. The Bertz CT molecular complexity index is 587. The van der Waals surface area contributed by atoms with Gasteiger partial charge in [-0.05, 0) is 60.6 Å². The van der Waals surface area contributed by atoms with Crippen LogP contribution in [0.15, 0.2) is 48.5 Å². The molecule has 0 unspecified atom stereocenters. The summed E-state index contributed by atoms with van der Waals surface area (Å²) in [6, 6.07) is 13.8. The normalized spacial score (nSPS) is 10.1. The molecule has 20 heavy (non-hydrogen) atoms. The Kier molecular flexibility index (Phi) is 5.32. The largest absolute Gasteiger partial charge is 0.362 e. The van der Waals surface area contributed by atoms with Gasteiger partial charge in [-0.2, -0.15) is 0 Å². The number of anilines is 1. The highest BCUT2D eigenvalue weighted by Gasteiger charge is 1.99. The molecular weight excluding hydrogens is 295 g/mol. The second kappa shape index (κ2) is 7.22. The molecule has 2 nitrogen and oxygen atoms in total. The van der Waals surface area contributed by atoms with Crippen LogP contribution in [0, 0.1) is 5.82 Å². The number of nitrogens with one attached hydrogen (secondary N) is 2. The molecule has 5 heteroatoms. The smallest absolute Gasteiger partial charge is 0.170 e. The highest BCUT2D eigenvalue weighted by molar-refractivity contribution is 7.80. The minimum atomic E-state index is -0.268. The molecule has 0 atom stereocenters. The van der Waals surface area contributed by atoms with E-state index in [-0.39, 0.29) is 5.82 Å². The van der Waals surface area contributed by atoms with E-state index in [0.29, 0.717) is 11.7 Å². The fraction of sp³-hybridized carbons (Fsp3) is 0.133. The van der Waals surface area contributed by atoms with E-state index >= 15 is 0 Å². The van der Waals surface area contributed by atoms with Crippen LogP contribution in [0.5, 0.6) is 0 Å². The first kappa shape index (κ1) is 14.8. The fourth-order valence-corrected chi connectivity index (χ4v) is 2.15. The number of rotatable bonds is 4. The monoisotopic (exact) mass is 308 g/mol. The van der Waals surface area contributed by atoms with Crippen molar-refractivity contribution in [2.75, 3.05) is 11.9 Å². The summed E-state index contributed by atoms with van der Waals surface area (Å²) in [7, 11) is 0. The molecule has 0 bridgehead atoms. The van der Waals surface area contributed by atoms with Crippen LogP contribution in [0.3, 0.4) is 0 Å². The van der Waals surface area contributed by atoms with Gasteiger partial charge in [0.05, 0.1) is 0 Å². The first-order chi connectivity index (χ1) is 9.63. The van der Waals surface area contributed by atoms with Gasteiger partial charge in [0.25, 0.3) is 0 Å². The van der Waals surface area contributed by atoms with Crippen molar-refractivity contribution >= 4 is 34.6 Å². The summed E-state index contributed by atoms with van der Waals surface area (Å²) >= 11 is 11.1. The molecule has 0 radical (unpaired) electrons. The molecule has 0 aliphatic rings. The Labute approximate surface area is 128 Å². The average Bonchev–Trinajstić information content (AvgIpc) is 2.41. The summed E-state index contributed by atoms with van der Waals surface area (Å²) in [4.78, 5) is 0. The molecule has 2 N–H and O–H groups in total. The van der Waals surface area contributed by atoms with E-state index in [4.69, 9.17) is 23.8 Å². The Balaban J connectivity index is 1.76. The number of benzene rings is 2. The fourth-order valence-electron chi connectivity index (χ4n) is 1.72. The van der Waals surface area contributed by atoms with Crippen LogP contribution >= 0.6 is 23.8 Å². The lowest BCUT2D eigenvalue weighted by molar-refractivity contribution is 0.628. The third-order valence-electron chi connectivity index (χ3n) is 2.69. The SMILES string of the molecule is Fc1ccc(NC(=S)NCCc2cccc(Cl)c2)cc1. The van der Waals surface area contributed by atoms with E-state index in [9.17, 15) is 4.39 Å². The Morgan fingerprint density at radius 3 is 2.60 bits per heavy atom. The predicted octanol–water partition coefficient (Wildman–Crippen LogP) is 4.01. The van der Waals surface area contributed by atoms with Crippen molar-refractivity contribution in [3.63, 3.8) is 0 Å². The summed E-state index contributed by atoms with van der Waals surface area (Å²) in [5.41, 5.74) is 1.90. The number of hydrogen-bond donors (Lipinski definition) is 2. The van der Waals surface area contributed by atoms with E-state index in [2.05, 4.69) is 10.6 Å². The highest BCUT2D eigenvalue weighted by atomic mass is 35.5. The number of hydrogen-bond acceptors (Lipinski definition) is 1. The quantitative estimate of drug-likeness (QED) is 0.835. The molecule has 0 amide bonds. The van der Waals surface area contributed by atoms with Crippen molar-refractivity contribution in [1.82, 2.24) is 5.32 Å². The zero-order chi connectivity index (χ0) is 14.4. The second-order valence-corrected chi connectivity index (χ2v) is 5.11. The maximum Gasteiger partial charge on any atom is 0.170 e. The topological polar surface area (TPSA) is 24.1 Å². The molecule has 0 fully saturated rings. The predicted molar refractivity (Wildman–Crippen MR) is 85.8 cm³/mol. The van der Waals surface area contributed by atoms with Crippen LogP contribution < -0.4 is 10.6 Å². The van der Waals surface area contributed by atoms with Gasteiger partial charge >= 0.3 is 0 Å².